The summed E-state index contributed by atoms with van der Waals surface area (Å²) in [5.41, 5.74) is 27.4. The SMILES string of the molecule is c1ccc(N(c2ccc(-c3ccc(N(c4ccc(-c5ccc6oc7ccccc7c6c5)cc4)c4ccc(-c5cccc6c5oc5ccccc56)cc4)cc3)cc2)c2ccc(N(c3ccc(-c4ccc5oc6ccccc6c5c4)cc3)c3ccc(-c4cccc5c4oc4ccccc45)cc3)cc2)cc1. The van der Waals surface area contributed by atoms with Gasteiger partial charge in [0.05, 0.1) is 0 Å². The molecule has 0 aliphatic rings. The molecule has 0 saturated carbocycles. The average molecular weight is 1320 g/mol. The highest BCUT2D eigenvalue weighted by Gasteiger charge is 2.22. The standard InChI is InChI=1S/C96H61N3O4/c1-2-14-70(15-3-1)97(77-54-56-78(57-55-77)99(74-48-34-65(35-49-74)69-41-59-94-88(61-69)84-19-7-9-25-90(84)101-94)76-52-38-67(39-53-76)80-21-13-23-86-82-17-5-11-27-92(82)103-96(80)86)71-42-28-62(29-43-71)63-30-44-72(45-31-63)98(73-46-32-64(33-47-73)68-40-58-93-87(60-68)83-18-6-8-24-89(83)100-93)75-50-36-66(37-51-75)79-20-12-22-85-81-16-4-10-26-91(81)102-95(79)85/h1-61H. The highest BCUT2D eigenvalue weighted by atomic mass is 16.3. The van der Waals surface area contributed by atoms with Gasteiger partial charge in [-0.05, 0) is 202 Å². The van der Waals surface area contributed by atoms with E-state index in [1.54, 1.807) is 0 Å². The Bertz CT molecular complexity index is 6570. The van der Waals surface area contributed by atoms with Crippen LogP contribution in [0.5, 0.6) is 0 Å². The summed E-state index contributed by atoms with van der Waals surface area (Å²) in [6.45, 7) is 0. The molecule has 0 radical (unpaired) electrons. The lowest BCUT2D eigenvalue weighted by Gasteiger charge is -2.28. The normalized spacial score (nSPS) is 11.7. The average Bonchev–Trinajstić information content (AvgIpc) is 1.75. The van der Waals surface area contributed by atoms with Crippen LogP contribution < -0.4 is 14.7 Å². The smallest absolute Gasteiger partial charge is 0.143 e. The topological polar surface area (TPSA) is 62.3 Å². The Kier molecular flexibility index (Phi) is 14.1. The van der Waals surface area contributed by atoms with E-state index in [0.717, 1.165) is 195 Å². The maximum Gasteiger partial charge on any atom is 0.143 e. The summed E-state index contributed by atoms with van der Waals surface area (Å²) in [6.07, 6.45) is 0. The largest absolute Gasteiger partial charge is 0.456 e. The minimum Gasteiger partial charge on any atom is -0.456 e. The number of furan rings is 4. The molecule has 0 fully saturated rings. The molecule has 16 aromatic carbocycles. The highest BCUT2D eigenvalue weighted by Crippen LogP contribution is 2.46. The maximum absolute atomic E-state index is 6.52. The van der Waals surface area contributed by atoms with Gasteiger partial charge in [0.25, 0.3) is 0 Å². The van der Waals surface area contributed by atoms with Crippen molar-refractivity contribution in [1.82, 2.24) is 0 Å². The van der Waals surface area contributed by atoms with Crippen molar-refractivity contribution in [3.05, 3.63) is 370 Å². The zero-order valence-corrected chi connectivity index (χ0v) is 55.7. The molecular weight excluding hydrogens is 1260 g/mol. The zero-order chi connectivity index (χ0) is 67.9. The second kappa shape index (κ2) is 24.5. The van der Waals surface area contributed by atoms with Gasteiger partial charge in [0.1, 0.15) is 44.7 Å². The van der Waals surface area contributed by atoms with Crippen molar-refractivity contribution in [1.29, 1.82) is 0 Å². The van der Waals surface area contributed by atoms with E-state index in [9.17, 15) is 0 Å². The first-order valence-corrected chi connectivity index (χ1v) is 34.8. The van der Waals surface area contributed by atoms with Crippen LogP contribution in [0.3, 0.4) is 0 Å². The number of anilines is 9. The van der Waals surface area contributed by atoms with Crippen LogP contribution in [0.25, 0.3) is 143 Å². The first kappa shape index (κ1) is 59.2. The molecule has 20 aromatic rings. The van der Waals surface area contributed by atoms with E-state index in [1.807, 2.05) is 48.5 Å². The quantitative estimate of drug-likeness (QED) is 0.107. The number of nitrogens with zero attached hydrogens (tertiary/aromatic N) is 3. The summed E-state index contributed by atoms with van der Waals surface area (Å²) in [6, 6.07) is 132. The van der Waals surface area contributed by atoms with Crippen LogP contribution in [0.1, 0.15) is 0 Å². The maximum atomic E-state index is 6.52. The minimum absolute atomic E-state index is 0.882. The lowest BCUT2D eigenvalue weighted by atomic mass is 10.0. The predicted molar refractivity (Wildman–Crippen MR) is 427 cm³/mol. The van der Waals surface area contributed by atoms with Crippen molar-refractivity contribution in [3.63, 3.8) is 0 Å². The Morgan fingerprint density at radius 1 is 0.146 bits per heavy atom. The number of para-hydroxylation sites is 7. The summed E-state index contributed by atoms with van der Waals surface area (Å²) in [5.74, 6) is 0. The molecule has 20 rings (SSSR count). The zero-order valence-electron chi connectivity index (χ0n) is 55.7. The lowest BCUT2D eigenvalue weighted by molar-refractivity contribution is 0.668. The van der Waals surface area contributed by atoms with Gasteiger partial charge in [-0.2, -0.15) is 0 Å². The van der Waals surface area contributed by atoms with Crippen molar-refractivity contribution in [2.24, 2.45) is 0 Å². The molecule has 103 heavy (non-hydrogen) atoms. The lowest BCUT2D eigenvalue weighted by Crippen LogP contribution is -2.12. The molecule has 0 aliphatic heterocycles. The fourth-order valence-corrected chi connectivity index (χ4v) is 15.2. The Morgan fingerprint density at radius 3 is 0.718 bits per heavy atom. The third-order valence-electron chi connectivity index (χ3n) is 20.3. The molecule has 0 N–H and O–H groups in total. The van der Waals surface area contributed by atoms with Crippen molar-refractivity contribution >= 4 is 139 Å². The number of rotatable bonds is 14. The molecule has 0 atom stereocenters. The third-order valence-corrected chi connectivity index (χ3v) is 20.3. The molecule has 7 heteroatoms. The van der Waals surface area contributed by atoms with Gasteiger partial charge < -0.3 is 32.4 Å². The molecule has 0 saturated heterocycles. The summed E-state index contributed by atoms with van der Waals surface area (Å²) < 4.78 is 25.5. The van der Waals surface area contributed by atoms with Crippen molar-refractivity contribution in [3.8, 4) is 55.6 Å². The number of fused-ring (bicyclic) bond motifs is 12. The van der Waals surface area contributed by atoms with Crippen LogP contribution in [0, 0.1) is 0 Å². The van der Waals surface area contributed by atoms with Gasteiger partial charge in [0.15, 0.2) is 0 Å². The van der Waals surface area contributed by atoms with Crippen molar-refractivity contribution in [2.45, 2.75) is 0 Å². The monoisotopic (exact) mass is 1320 g/mol. The summed E-state index contributed by atoms with van der Waals surface area (Å²) in [7, 11) is 0. The van der Waals surface area contributed by atoms with Gasteiger partial charge in [-0.1, -0.05) is 212 Å². The summed E-state index contributed by atoms with van der Waals surface area (Å²) >= 11 is 0. The Hall–Kier alpha value is -13.9. The molecule has 4 heterocycles. The van der Waals surface area contributed by atoms with E-state index in [2.05, 4.69) is 336 Å². The van der Waals surface area contributed by atoms with E-state index in [-0.39, 0.29) is 0 Å². The Labute approximate surface area is 593 Å². The van der Waals surface area contributed by atoms with Crippen molar-refractivity contribution in [2.75, 3.05) is 14.7 Å². The number of hydrogen-bond donors (Lipinski definition) is 0. The van der Waals surface area contributed by atoms with Gasteiger partial charge in [-0.3, -0.25) is 0 Å². The fraction of sp³-hybridized carbons (Fsp3) is 0. The van der Waals surface area contributed by atoms with Crippen LogP contribution in [0.4, 0.5) is 51.2 Å². The van der Waals surface area contributed by atoms with Crippen molar-refractivity contribution < 1.29 is 17.7 Å². The second-order valence-electron chi connectivity index (χ2n) is 26.3. The minimum atomic E-state index is 0.882. The molecule has 0 bridgehead atoms. The van der Waals surface area contributed by atoms with Crippen LogP contribution in [0.15, 0.2) is 388 Å². The van der Waals surface area contributed by atoms with E-state index >= 15 is 0 Å². The van der Waals surface area contributed by atoms with E-state index in [0.29, 0.717) is 0 Å². The fourth-order valence-electron chi connectivity index (χ4n) is 15.2. The van der Waals surface area contributed by atoms with E-state index in [1.165, 1.54) is 0 Å². The predicted octanol–water partition coefficient (Wildman–Crippen LogP) is 28.0. The molecule has 0 amide bonds. The first-order valence-electron chi connectivity index (χ1n) is 34.8. The van der Waals surface area contributed by atoms with Gasteiger partial charge in [0, 0.05) is 105 Å². The molecule has 7 nitrogen and oxygen atoms in total. The first-order chi connectivity index (χ1) is 51.0. The summed E-state index contributed by atoms with van der Waals surface area (Å²) in [5, 5.41) is 8.89. The van der Waals surface area contributed by atoms with Gasteiger partial charge in [-0.25, -0.2) is 0 Å². The second-order valence-corrected chi connectivity index (χ2v) is 26.3. The Morgan fingerprint density at radius 2 is 0.379 bits per heavy atom. The number of benzene rings is 16. The van der Waals surface area contributed by atoms with Gasteiger partial charge in [0.2, 0.25) is 0 Å². The highest BCUT2D eigenvalue weighted by molar-refractivity contribution is 6.12. The summed E-state index contributed by atoms with van der Waals surface area (Å²) in [4.78, 5) is 6.99. The molecule has 0 spiro atoms. The van der Waals surface area contributed by atoms with Crippen LogP contribution >= 0.6 is 0 Å². The van der Waals surface area contributed by atoms with Gasteiger partial charge >= 0.3 is 0 Å². The van der Waals surface area contributed by atoms with Gasteiger partial charge in [-0.15, -0.1) is 0 Å². The molecule has 0 unspecified atom stereocenters. The van der Waals surface area contributed by atoms with E-state index < -0.39 is 0 Å². The van der Waals surface area contributed by atoms with Crippen LogP contribution in [0.2, 0.25) is 0 Å². The molecule has 4 aromatic heterocycles. The van der Waals surface area contributed by atoms with Crippen LogP contribution in [-0.2, 0) is 0 Å². The third kappa shape index (κ3) is 10.4. The molecular formula is C96H61N3O4. The number of hydrogen-bond acceptors (Lipinski definition) is 7. The molecule has 484 valence electrons. The van der Waals surface area contributed by atoms with Crippen LogP contribution in [-0.4, -0.2) is 0 Å². The Balaban J connectivity index is 0.619. The van der Waals surface area contributed by atoms with E-state index in [4.69, 9.17) is 17.7 Å². The molecule has 0 aliphatic carbocycles.